The number of hydrogen-bond donors (Lipinski definition) is 2. The van der Waals surface area contributed by atoms with Crippen LogP contribution in [0.4, 0.5) is 11.6 Å². The molecule has 0 fully saturated rings. The zero-order chi connectivity index (χ0) is 14.4. The predicted molar refractivity (Wildman–Crippen MR) is 84.6 cm³/mol. The third-order valence-electron chi connectivity index (χ3n) is 3.12. The first-order valence-electron chi connectivity index (χ1n) is 6.25. The summed E-state index contributed by atoms with van der Waals surface area (Å²) in [6.07, 6.45) is 0. The molecule has 2 N–H and O–H groups in total. The van der Waals surface area contributed by atoms with Crippen LogP contribution in [0.25, 0.3) is 16.8 Å². The largest absolute Gasteiger partial charge is 0.324 e. The number of H-pyrrole nitrogens is 1. The molecule has 104 valence electrons. The Labute approximate surface area is 129 Å². The molecular weight excluding hydrogens is 309 g/mol. The van der Waals surface area contributed by atoms with Crippen LogP contribution < -0.4 is 5.32 Å². The van der Waals surface area contributed by atoms with E-state index in [2.05, 4.69) is 20.4 Å². The number of imidazole rings is 1. The third-order valence-corrected chi connectivity index (χ3v) is 3.59. The second kappa shape index (κ2) is 4.65. The molecule has 0 aliphatic rings. The normalized spacial score (nSPS) is 11.3. The highest BCUT2D eigenvalue weighted by Gasteiger charge is 2.10. The number of hydrogen-bond acceptors (Lipinski definition) is 3. The van der Waals surface area contributed by atoms with E-state index < -0.39 is 0 Å². The van der Waals surface area contributed by atoms with E-state index in [1.54, 1.807) is 4.52 Å². The minimum Gasteiger partial charge on any atom is -0.324 e. The van der Waals surface area contributed by atoms with Crippen molar-refractivity contribution in [2.45, 2.75) is 0 Å². The molecule has 7 heteroatoms. The smallest absolute Gasteiger partial charge is 0.253 e. The zero-order valence-electron chi connectivity index (χ0n) is 10.6. The maximum atomic E-state index is 5.96. The molecule has 2 heterocycles. The molecule has 0 aliphatic heterocycles. The number of aromatic nitrogens is 4. The highest BCUT2D eigenvalue weighted by atomic mass is 35.5. The van der Waals surface area contributed by atoms with Crippen molar-refractivity contribution in [1.29, 1.82) is 0 Å². The van der Waals surface area contributed by atoms with Crippen molar-refractivity contribution < 1.29 is 0 Å². The van der Waals surface area contributed by atoms with Crippen LogP contribution in [0.3, 0.4) is 0 Å². The van der Waals surface area contributed by atoms with E-state index in [9.17, 15) is 0 Å². The Morgan fingerprint density at radius 3 is 2.71 bits per heavy atom. The summed E-state index contributed by atoms with van der Waals surface area (Å²) < 4.78 is 1.80. The van der Waals surface area contributed by atoms with Crippen LogP contribution in [0.1, 0.15) is 0 Å². The fourth-order valence-electron chi connectivity index (χ4n) is 2.22. The van der Waals surface area contributed by atoms with Crippen molar-refractivity contribution in [3.63, 3.8) is 0 Å². The Bertz CT molecular complexity index is 956. The number of fused-ring (bicyclic) bond motifs is 3. The van der Waals surface area contributed by atoms with Gasteiger partial charge in [-0.3, -0.25) is 5.10 Å². The molecule has 0 radical (unpaired) electrons. The lowest BCUT2D eigenvalue weighted by molar-refractivity contribution is 1.01. The molecule has 2 aromatic carbocycles. The van der Waals surface area contributed by atoms with Crippen molar-refractivity contribution >= 4 is 51.6 Å². The van der Waals surface area contributed by atoms with Gasteiger partial charge in [-0.25, -0.2) is 9.50 Å². The Balaban J connectivity index is 1.77. The number of rotatable bonds is 2. The van der Waals surface area contributed by atoms with Gasteiger partial charge in [-0.2, -0.15) is 4.98 Å². The number of aromatic amines is 1. The number of halogens is 2. The minimum atomic E-state index is 0.580. The van der Waals surface area contributed by atoms with Crippen LogP contribution in [0, 0.1) is 0 Å². The summed E-state index contributed by atoms with van der Waals surface area (Å²) in [6.45, 7) is 0. The van der Waals surface area contributed by atoms with E-state index in [1.165, 1.54) is 0 Å². The first kappa shape index (κ1) is 12.5. The minimum absolute atomic E-state index is 0.580. The quantitative estimate of drug-likeness (QED) is 0.580. The SMILES string of the molecule is Clc1cccc(Nc2nc3nc4cc(Cl)ccc4n3[nH]2)c1. The van der Waals surface area contributed by atoms with Crippen molar-refractivity contribution in [1.82, 2.24) is 19.6 Å². The number of benzene rings is 2. The number of anilines is 2. The van der Waals surface area contributed by atoms with Gasteiger partial charge in [-0.05, 0) is 36.4 Å². The summed E-state index contributed by atoms with van der Waals surface area (Å²) in [7, 11) is 0. The van der Waals surface area contributed by atoms with Crippen LogP contribution in [0.15, 0.2) is 42.5 Å². The van der Waals surface area contributed by atoms with Gasteiger partial charge in [-0.1, -0.05) is 29.3 Å². The van der Waals surface area contributed by atoms with E-state index in [0.29, 0.717) is 21.8 Å². The lowest BCUT2D eigenvalue weighted by atomic mass is 10.3. The van der Waals surface area contributed by atoms with Crippen molar-refractivity contribution in [3.05, 3.63) is 52.5 Å². The summed E-state index contributed by atoms with van der Waals surface area (Å²) >= 11 is 11.9. The van der Waals surface area contributed by atoms with Gasteiger partial charge in [0.1, 0.15) is 0 Å². The molecule has 0 saturated carbocycles. The van der Waals surface area contributed by atoms with Crippen LogP contribution in [-0.2, 0) is 0 Å². The summed E-state index contributed by atoms with van der Waals surface area (Å²) in [5.41, 5.74) is 2.57. The number of nitrogens with zero attached hydrogens (tertiary/aromatic N) is 3. The van der Waals surface area contributed by atoms with E-state index in [0.717, 1.165) is 16.7 Å². The fourth-order valence-corrected chi connectivity index (χ4v) is 2.57. The standard InChI is InChI=1S/C14H9Cl2N5/c15-8-2-1-3-10(6-8)17-13-19-14-18-11-7-9(16)4-5-12(11)21(14)20-13/h1-7H,(H2,17,18,19,20). The third kappa shape index (κ3) is 2.20. The molecule has 0 aliphatic carbocycles. The van der Waals surface area contributed by atoms with Gasteiger partial charge >= 0.3 is 0 Å². The molecule has 21 heavy (non-hydrogen) atoms. The topological polar surface area (TPSA) is 58.0 Å². The maximum absolute atomic E-state index is 5.96. The van der Waals surface area contributed by atoms with Gasteiger partial charge in [-0.15, -0.1) is 0 Å². The highest BCUT2D eigenvalue weighted by molar-refractivity contribution is 6.31. The Kier molecular flexibility index (Phi) is 2.77. The lowest BCUT2D eigenvalue weighted by Gasteiger charge is -2.02. The Morgan fingerprint density at radius 1 is 1.00 bits per heavy atom. The second-order valence-electron chi connectivity index (χ2n) is 4.59. The van der Waals surface area contributed by atoms with Crippen molar-refractivity contribution in [3.8, 4) is 0 Å². The van der Waals surface area contributed by atoms with Crippen LogP contribution in [-0.4, -0.2) is 19.6 Å². The van der Waals surface area contributed by atoms with Crippen LogP contribution in [0.5, 0.6) is 0 Å². The van der Waals surface area contributed by atoms with Gasteiger partial charge in [0.05, 0.1) is 11.0 Å². The Hall–Kier alpha value is -2.24. The first-order chi connectivity index (χ1) is 10.2. The molecule has 2 aromatic heterocycles. The van der Waals surface area contributed by atoms with E-state index in [-0.39, 0.29) is 0 Å². The molecule has 0 saturated heterocycles. The molecular formula is C14H9Cl2N5. The highest BCUT2D eigenvalue weighted by Crippen LogP contribution is 2.22. The molecule has 0 bridgehead atoms. The maximum Gasteiger partial charge on any atom is 0.253 e. The van der Waals surface area contributed by atoms with Crippen LogP contribution >= 0.6 is 23.2 Å². The van der Waals surface area contributed by atoms with E-state index in [1.807, 2.05) is 42.5 Å². The molecule has 4 rings (SSSR count). The molecule has 0 unspecified atom stereocenters. The second-order valence-corrected chi connectivity index (χ2v) is 5.46. The number of nitrogens with one attached hydrogen (secondary N) is 2. The summed E-state index contributed by atoms with van der Waals surface area (Å²) in [4.78, 5) is 8.83. The van der Waals surface area contributed by atoms with Gasteiger partial charge in [0.25, 0.3) is 5.78 Å². The molecule has 0 spiro atoms. The van der Waals surface area contributed by atoms with E-state index >= 15 is 0 Å². The molecule has 5 nitrogen and oxygen atoms in total. The summed E-state index contributed by atoms with van der Waals surface area (Å²) in [6, 6.07) is 13.0. The average Bonchev–Trinajstić information content (AvgIpc) is 2.95. The summed E-state index contributed by atoms with van der Waals surface area (Å²) in [5.74, 6) is 1.17. The zero-order valence-corrected chi connectivity index (χ0v) is 12.2. The van der Waals surface area contributed by atoms with Gasteiger partial charge in [0.2, 0.25) is 5.95 Å². The lowest BCUT2D eigenvalue weighted by Crippen LogP contribution is -1.93. The molecule has 0 atom stereocenters. The first-order valence-corrected chi connectivity index (χ1v) is 7.01. The van der Waals surface area contributed by atoms with Crippen molar-refractivity contribution in [2.24, 2.45) is 0 Å². The monoisotopic (exact) mass is 317 g/mol. The van der Waals surface area contributed by atoms with Crippen molar-refractivity contribution in [2.75, 3.05) is 5.32 Å². The van der Waals surface area contributed by atoms with Gasteiger partial charge in [0, 0.05) is 15.7 Å². The van der Waals surface area contributed by atoms with Gasteiger partial charge < -0.3 is 5.32 Å². The van der Waals surface area contributed by atoms with Gasteiger partial charge in [0.15, 0.2) is 0 Å². The fraction of sp³-hybridized carbons (Fsp3) is 0. The van der Waals surface area contributed by atoms with E-state index in [4.69, 9.17) is 23.2 Å². The summed E-state index contributed by atoms with van der Waals surface area (Å²) in [5, 5.41) is 7.63. The molecule has 4 aromatic rings. The average molecular weight is 318 g/mol. The molecule has 0 amide bonds. The van der Waals surface area contributed by atoms with Crippen LogP contribution in [0.2, 0.25) is 10.0 Å². The predicted octanol–water partition coefficient (Wildman–Crippen LogP) is 4.26. The Morgan fingerprint density at radius 2 is 1.86 bits per heavy atom.